The van der Waals surface area contributed by atoms with E-state index < -0.39 is 0 Å². The van der Waals surface area contributed by atoms with E-state index in [-0.39, 0.29) is 5.41 Å². The SMILES string of the molecule is CCC(C)c1ccc(-c2ccc(-c3ccc4c(c3)c3cc(-c5ccc(N(c6ccccc6)c6ccc(-c7ccccc7)cc6)cc5)ccc3n4-c3ccc(C(C)(C)C)cc3)cc2)cc1. The molecule has 9 aromatic carbocycles. The molecule has 0 radical (unpaired) electrons. The number of nitrogens with zero attached hydrogens (tertiary/aromatic N) is 2. The second kappa shape index (κ2) is 17.0. The Bertz CT molecular complexity index is 3170. The molecule has 2 heteroatoms. The molecule has 0 spiro atoms. The zero-order chi connectivity index (χ0) is 43.8. The predicted molar refractivity (Wildman–Crippen MR) is 275 cm³/mol. The fourth-order valence-corrected chi connectivity index (χ4v) is 9.13. The van der Waals surface area contributed by atoms with Crippen LogP contribution in [0, 0.1) is 0 Å². The standard InChI is InChI=1S/C62H54N2/c1-6-43(2)44-17-19-46(20-18-44)47-21-23-49(24-22-47)51-29-39-60-58(41-51)59-42-52(30-40-61(59)64(60)57-37-31-53(32-38-57)62(3,4)5)50-27-35-56(36-28-50)63(54-15-11-8-12-16-54)55-33-25-48(26-34-55)45-13-9-7-10-14-45/h7-43H,6H2,1-5H3. The summed E-state index contributed by atoms with van der Waals surface area (Å²) < 4.78 is 2.43. The van der Waals surface area contributed by atoms with Crippen LogP contribution in [0.1, 0.15) is 58.1 Å². The quantitative estimate of drug-likeness (QED) is 0.133. The topological polar surface area (TPSA) is 8.17 Å². The van der Waals surface area contributed by atoms with Crippen LogP contribution in [-0.4, -0.2) is 4.57 Å². The minimum Gasteiger partial charge on any atom is -0.311 e. The number of benzene rings is 9. The molecule has 10 rings (SSSR count). The third kappa shape index (κ3) is 7.93. The first-order chi connectivity index (χ1) is 31.2. The van der Waals surface area contributed by atoms with Crippen LogP contribution in [0.3, 0.4) is 0 Å². The molecule has 0 bridgehead atoms. The Hall–Kier alpha value is -7.42. The highest BCUT2D eigenvalue weighted by molar-refractivity contribution is 6.11. The minimum absolute atomic E-state index is 0.0798. The van der Waals surface area contributed by atoms with Gasteiger partial charge < -0.3 is 9.47 Å². The minimum atomic E-state index is 0.0798. The molecule has 0 aliphatic rings. The molecule has 1 heterocycles. The van der Waals surface area contributed by atoms with Crippen molar-refractivity contribution in [2.75, 3.05) is 4.90 Å². The molecule has 0 amide bonds. The molecule has 1 aromatic heterocycles. The molecule has 0 saturated carbocycles. The first-order valence-corrected chi connectivity index (χ1v) is 22.7. The summed E-state index contributed by atoms with van der Waals surface area (Å²) in [5, 5.41) is 2.48. The molecule has 1 unspecified atom stereocenters. The summed E-state index contributed by atoms with van der Waals surface area (Å²) in [5.74, 6) is 0.572. The molecule has 0 N–H and O–H groups in total. The Balaban J connectivity index is 1.03. The average molecular weight is 827 g/mol. The molecule has 64 heavy (non-hydrogen) atoms. The van der Waals surface area contributed by atoms with Gasteiger partial charge in [0.15, 0.2) is 0 Å². The van der Waals surface area contributed by atoms with Crippen molar-refractivity contribution < 1.29 is 0 Å². The summed E-state index contributed by atoms with van der Waals surface area (Å²) in [4.78, 5) is 2.33. The lowest BCUT2D eigenvalue weighted by molar-refractivity contribution is 0.590. The highest BCUT2D eigenvalue weighted by Crippen LogP contribution is 2.40. The zero-order valence-electron chi connectivity index (χ0n) is 37.5. The van der Waals surface area contributed by atoms with Gasteiger partial charge in [-0.05, 0) is 146 Å². The van der Waals surface area contributed by atoms with Crippen molar-refractivity contribution in [3.8, 4) is 50.2 Å². The summed E-state index contributed by atoms with van der Waals surface area (Å²) in [5.41, 5.74) is 19.4. The van der Waals surface area contributed by atoms with E-state index in [1.54, 1.807) is 0 Å². The van der Waals surface area contributed by atoms with E-state index in [0.717, 1.165) is 23.5 Å². The molecule has 0 fully saturated rings. The number of rotatable bonds is 10. The predicted octanol–water partition coefficient (Wildman–Crippen LogP) is 17.7. The lowest BCUT2D eigenvalue weighted by Gasteiger charge is -2.26. The Morgan fingerprint density at radius 2 is 0.781 bits per heavy atom. The van der Waals surface area contributed by atoms with Gasteiger partial charge in [0.25, 0.3) is 0 Å². The summed E-state index contributed by atoms with van der Waals surface area (Å²) in [6.07, 6.45) is 1.15. The van der Waals surface area contributed by atoms with Crippen LogP contribution in [0.2, 0.25) is 0 Å². The lowest BCUT2D eigenvalue weighted by atomic mass is 9.87. The van der Waals surface area contributed by atoms with E-state index in [2.05, 4.69) is 262 Å². The number of hydrogen-bond donors (Lipinski definition) is 0. The summed E-state index contributed by atoms with van der Waals surface area (Å²) in [7, 11) is 0. The van der Waals surface area contributed by atoms with Gasteiger partial charge in [0.1, 0.15) is 0 Å². The fraction of sp³-hybridized carbons (Fsp3) is 0.129. The van der Waals surface area contributed by atoms with E-state index in [9.17, 15) is 0 Å². The van der Waals surface area contributed by atoms with Crippen molar-refractivity contribution in [3.05, 3.63) is 230 Å². The normalized spacial score (nSPS) is 12.1. The summed E-state index contributed by atoms with van der Waals surface area (Å²) in [6.45, 7) is 11.4. The van der Waals surface area contributed by atoms with E-state index in [0.29, 0.717) is 5.92 Å². The number of anilines is 3. The maximum absolute atomic E-state index is 2.43. The van der Waals surface area contributed by atoms with Gasteiger partial charge in [0, 0.05) is 33.5 Å². The maximum Gasteiger partial charge on any atom is 0.0541 e. The Morgan fingerprint density at radius 3 is 1.23 bits per heavy atom. The Morgan fingerprint density at radius 1 is 0.406 bits per heavy atom. The van der Waals surface area contributed by atoms with Gasteiger partial charge in [-0.25, -0.2) is 0 Å². The highest BCUT2D eigenvalue weighted by Gasteiger charge is 2.18. The molecule has 0 aliphatic heterocycles. The van der Waals surface area contributed by atoms with E-state index in [4.69, 9.17) is 0 Å². The van der Waals surface area contributed by atoms with Crippen LogP contribution in [0.15, 0.2) is 218 Å². The number of aromatic nitrogens is 1. The van der Waals surface area contributed by atoms with Crippen LogP contribution in [0.25, 0.3) is 72.0 Å². The average Bonchev–Trinajstić information content (AvgIpc) is 3.68. The van der Waals surface area contributed by atoms with Crippen LogP contribution in [-0.2, 0) is 5.41 Å². The molecule has 1 atom stereocenters. The molecule has 312 valence electrons. The van der Waals surface area contributed by atoms with Crippen molar-refractivity contribution in [3.63, 3.8) is 0 Å². The van der Waals surface area contributed by atoms with Gasteiger partial charge in [0.05, 0.1) is 11.0 Å². The number of hydrogen-bond acceptors (Lipinski definition) is 1. The third-order valence-corrected chi connectivity index (χ3v) is 13.1. The van der Waals surface area contributed by atoms with Gasteiger partial charge in [-0.3, -0.25) is 0 Å². The van der Waals surface area contributed by atoms with E-state index in [1.165, 1.54) is 83.1 Å². The largest absolute Gasteiger partial charge is 0.311 e. The summed E-state index contributed by atoms with van der Waals surface area (Å²) in [6, 6.07) is 80.3. The lowest BCUT2D eigenvalue weighted by Crippen LogP contribution is -2.10. The highest BCUT2D eigenvalue weighted by atomic mass is 15.1. The molecule has 0 saturated heterocycles. The molecule has 0 aliphatic carbocycles. The van der Waals surface area contributed by atoms with Gasteiger partial charge in [-0.1, -0.05) is 180 Å². The van der Waals surface area contributed by atoms with Crippen LogP contribution < -0.4 is 4.90 Å². The van der Waals surface area contributed by atoms with Crippen LogP contribution >= 0.6 is 0 Å². The van der Waals surface area contributed by atoms with Crippen molar-refractivity contribution in [2.45, 2.75) is 52.4 Å². The second-order valence-electron chi connectivity index (χ2n) is 18.2. The smallest absolute Gasteiger partial charge is 0.0541 e. The second-order valence-corrected chi connectivity index (χ2v) is 18.2. The molecular weight excluding hydrogens is 773 g/mol. The summed E-state index contributed by atoms with van der Waals surface area (Å²) >= 11 is 0. The number of para-hydroxylation sites is 1. The van der Waals surface area contributed by atoms with Crippen LogP contribution in [0.4, 0.5) is 17.1 Å². The molecular formula is C62H54N2. The van der Waals surface area contributed by atoms with Crippen molar-refractivity contribution in [2.24, 2.45) is 0 Å². The monoisotopic (exact) mass is 826 g/mol. The molecule has 10 aromatic rings. The van der Waals surface area contributed by atoms with Gasteiger partial charge in [0.2, 0.25) is 0 Å². The fourth-order valence-electron chi connectivity index (χ4n) is 9.13. The van der Waals surface area contributed by atoms with Gasteiger partial charge in [-0.15, -0.1) is 0 Å². The van der Waals surface area contributed by atoms with Gasteiger partial charge in [-0.2, -0.15) is 0 Å². The molecule has 2 nitrogen and oxygen atoms in total. The Labute approximate surface area is 378 Å². The number of fused-ring (bicyclic) bond motifs is 3. The van der Waals surface area contributed by atoms with E-state index in [1.807, 2.05) is 0 Å². The maximum atomic E-state index is 2.43. The van der Waals surface area contributed by atoms with E-state index >= 15 is 0 Å². The van der Waals surface area contributed by atoms with Crippen molar-refractivity contribution >= 4 is 38.9 Å². The van der Waals surface area contributed by atoms with Crippen molar-refractivity contribution in [1.82, 2.24) is 4.57 Å². The third-order valence-electron chi connectivity index (χ3n) is 13.1. The van der Waals surface area contributed by atoms with Crippen LogP contribution in [0.5, 0.6) is 0 Å². The first-order valence-electron chi connectivity index (χ1n) is 22.7. The Kier molecular flexibility index (Phi) is 10.8. The zero-order valence-corrected chi connectivity index (χ0v) is 37.5. The van der Waals surface area contributed by atoms with Crippen molar-refractivity contribution in [1.29, 1.82) is 0 Å². The van der Waals surface area contributed by atoms with Gasteiger partial charge >= 0.3 is 0 Å². The first kappa shape index (κ1) is 40.6.